The first kappa shape index (κ1) is 96.5. The van der Waals surface area contributed by atoms with Gasteiger partial charge in [0, 0.05) is 0 Å². The van der Waals surface area contributed by atoms with Crippen molar-refractivity contribution in [3.05, 3.63) is 559 Å². The maximum absolute atomic E-state index is 2.41. The molecule has 658 valence electrons. The average Bonchev–Trinajstić information content (AvgIpc) is 1.51. The van der Waals surface area contributed by atoms with Crippen LogP contribution in [0.5, 0.6) is 0 Å². The highest BCUT2D eigenvalue weighted by Crippen LogP contribution is 2.63. The van der Waals surface area contributed by atoms with E-state index in [1.807, 2.05) is 0 Å². The quantitative estimate of drug-likeness (QED) is 0.156. The standard InChI is InChI=1S/C27H20.2C20H18.2C14H14.C12H12.3C8H10.CH4/c1-17-11-13-21-22-14-12-18(2)16-26(22)27(25(21)15-17)23-9-5-3-7-19(23)20-8-4-6-10-24(20)27;1-15-3-7-17(8-4-15)19-11-13-20(14-12-19)18-9-5-16(2)6-10-18;1-15-6-10-17(11-7-15)19-4-3-5-20(14-19)18-12-8-16(2)9-13-18;1-11-3-7-13(8-4-11)14-9-5-12(2)6-10-14;1-11-5-3-7-13(9-11)14-8-4-6-12(2)10-14;1-9-7-8-10(2)12-6-4-3-5-11(9)12;1-7-3-5-8(2)6-4-7;1-7-4-3-5-8(2)6-7;1-7-5-3-4-6-8(7)2;/h3-16H,1-2H3;2*3-14H,1-2H3;2*3-10H,1-2H3;3-8H,1-2H3;3*3-6H,1-2H3;1H4. The molecule has 0 heteroatoms. The van der Waals surface area contributed by atoms with Gasteiger partial charge in [0.1, 0.15) is 0 Å². The van der Waals surface area contributed by atoms with E-state index in [-0.39, 0.29) is 12.8 Å². The van der Waals surface area contributed by atoms with Gasteiger partial charge in [-0.05, 0) is 275 Å². The van der Waals surface area contributed by atoms with Crippen molar-refractivity contribution in [1.82, 2.24) is 0 Å². The molecule has 0 amide bonds. The Bertz CT molecular complexity index is 6530. The van der Waals surface area contributed by atoms with E-state index >= 15 is 0 Å². The fourth-order valence-corrected chi connectivity index (χ4v) is 16.9. The molecular weight excluding hydrogens is 1590 g/mol. The van der Waals surface area contributed by atoms with Gasteiger partial charge in [0.2, 0.25) is 0 Å². The summed E-state index contributed by atoms with van der Waals surface area (Å²) in [4.78, 5) is 0. The molecule has 2 aliphatic rings. The van der Waals surface area contributed by atoms with Crippen molar-refractivity contribution >= 4 is 10.8 Å². The summed E-state index contributed by atoms with van der Waals surface area (Å²) < 4.78 is 0. The van der Waals surface area contributed by atoms with Gasteiger partial charge in [0.05, 0.1) is 5.41 Å². The molecule has 0 nitrogen and oxygen atoms in total. The number of hydrogen-bond donors (Lipinski definition) is 0. The Morgan fingerprint density at radius 1 is 0.121 bits per heavy atom. The van der Waals surface area contributed by atoms with Crippen LogP contribution in [0, 0.1) is 125 Å². The van der Waals surface area contributed by atoms with Crippen LogP contribution in [0.25, 0.3) is 99.8 Å². The highest BCUT2D eigenvalue weighted by Gasteiger charge is 2.51. The molecule has 2 aliphatic carbocycles. The Morgan fingerprint density at radius 3 is 0.598 bits per heavy atom. The second-order valence-corrected chi connectivity index (χ2v) is 35.7. The van der Waals surface area contributed by atoms with Gasteiger partial charge < -0.3 is 0 Å². The van der Waals surface area contributed by atoms with E-state index in [0.29, 0.717) is 0 Å². The van der Waals surface area contributed by atoms with Crippen LogP contribution in [-0.4, -0.2) is 0 Å². The number of hydrogen-bond acceptors (Lipinski definition) is 0. The Kier molecular flexibility index (Phi) is 33.7. The Labute approximate surface area is 790 Å². The van der Waals surface area contributed by atoms with Crippen molar-refractivity contribution in [2.75, 3.05) is 0 Å². The normalized spacial score (nSPS) is 11.0. The summed E-state index contributed by atoms with van der Waals surface area (Å²) in [6, 6.07) is 157. The number of rotatable bonds is 6. The first-order valence-electron chi connectivity index (χ1n) is 46.1. The lowest BCUT2D eigenvalue weighted by Crippen LogP contribution is -2.26. The molecule has 0 saturated heterocycles. The van der Waals surface area contributed by atoms with Crippen LogP contribution in [0.4, 0.5) is 0 Å². The van der Waals surface area contributed by atoms with Crippen molar-refractivity contribution in [2.24, 2.45) is 0 Å². The lowest BCUT2D eigenvalue weighted by atomic mass is 9.70. The van der Waals surface area contributed by atoms with Gasteiger partial charge in [-0.2, -0.15) is 0 Å². The van der Waals surface area contributed by atoms with Crippen LogP contribution in [0.1, 0.15) is 130 Å². The summed E-state index contributed by atoms with van der Waals surface area (Å²) >= 11 is 0. The summed E-state index contributed by atoms with van der Waals surface area (Å²) in [6.45, 7) is 38.3. The molecule has 0 saturated carbocycles. The minimum absolute atomic E-state index is 0. The first-order valence-corrected chi connectivity index (χ1v) is 46.1. The smallest absolute Gasteiger partial charge is 0.0725 e. The third kappa shape index (κ3) is 25.3. The molecule has 0 heterocycles. The Hall–Kier alpha value is -14.6. The van der Waals surface area contributed by atoms with E-state index in [0.717, 1.165) is 0 Å². The molecule has 19 aromatic rings. The Balaban J connectivity index is 0.000000138. The third-order valence-electron chi connectivity index (χ3n) is 24.7. The van der Waals surface area contributed by atoms with E-state index in [1.165, 1.54) is 222 Å². The van der Waals surface area contributed by atoms with Gasteiger partial charge in [-0.25, -0.2) is 0 Å². The lowest BCUT2D eigenvalue weighted by Gasteiger charge is -2.30. The molecule has 0 radical (unpaired) electrons. The van der Waals surface area contributed by atoms with Crippen LogP contribution in [-0.2, 0) is 5.41 Å². The molecule has 0 unspecified atom stereocenters. The average molecular weight is 1720 g/mol. The zero-order valence-corrected chi connectivity index (χ0v) is 80.1. The monoisotopic (exact) mass is 1720 g/mol. The predicted octanol–water partition coefficient (Wildman–Crippen LogP) is 36.9. The van der Waals surface area contributed by atoms with Gasteiger partial charge in [0.15, 0.2) is 0 Å². The summed E-state index contributed by atoms with van der Waals surface area (Å²) in [6.07, 6.45) is 0. The maximum atomic E-state index is 2.41. The van der Waals surface area contributed by atoms with Crippen LogP contribution in [0.15, 0.2) is 437 Å². The minimum Gasteiger partial charge on any atom is -0.0776 e. The van der Waals surface area contributed by atoms with Crippen molar-refractivity contribution in [3.63, 3.8) is 0 Å². The van der Waals surface area contributed by atoms with Crippen LogP contribution < -0.4 is 0 Å². The van der Waals surface area contributed by atoms with Crippen molar-refractivity contribution < 1.29 is 0 Å². The molecule has 132 heavy (non-hydrogen) atoms. The van der Waals surface area contributed by atoms with Gasteiger partial charge in [0.25, 0.3) is 0 Å². The van der Waals surface area contributed by atoms with Gasteiger partial charge in [-0.1, -0.05) is 516 Å². The van der Waals surface area contributed by atoms with E-state index in [9.17, 15) is 0 Å². The van der Waals surface area contributed by atoms with Crippen LogP contribution >= 0.6 is 0 Å². The summed E-state index contributed by atoms with van der Waals surface area (Å²) in [7, 11) is 0. The number of aryl methyl sites for hydroxylation is 18. The van der Waals surface area contributed by atoms with Crippen molar-refractivity contribution in [3.8, 4) is 89.0 Å². The molecule has 19 aromatic carbocycles. The van der Waals surface area contributed by atoms with E-state index in [4.69, 9.17) is 0 Å². The lowest BCUT2D eigenvalue weighted by molar-refractivity contribution is 0.791. The highest BCUT2D eigenvalue weighted by molar-refractivity contribution is 5.95. The second-order valence-electron chi connectivity index (χ2n) is 35.7. The van der Waals surface area contributed by atoms with Gasteiger partial charge in [-0.15, -0.1) is 0 Å². The van der Waals surface area contributed by atoms with E-state index < -0.39 is 0 Å². The molecule has 0 atom stereocenters. The Morgan fingerprint density at radius 2 is 0.326 bits per heavy atom. The van der Waals surface area contributed by atoms with Crippen molar-refractivity contribution in [2.45, 2.75) is 137 Å². The summed E-state index contributed by atoms with van der Waals surface area (Å²) in [5.41, 5.74) is 50.1. The number of fused-ring (bicyclic) bond motifs is 11. The van der Waals surface area contributed by atoms with Gasteiger partial charge >= 0.3 is 0 Å². The maximum Gasteiger partial charge on any atom is 0.0725 e. The zero-order valence-electron chi connectivity index (χ0n) is 80.1. The SMILES string of the molecule is C.Cc1ccc(-c2ccc(-c3ccc(C)cc3)cc2)cc1.Cc1ccc(-c2ccc(C)cc2)cc1.Cc1ccc(-c2cccc(-c3ccc(C)cc3)c2)cc1.Cc1ccc(C)c2ccccc12.Cc1ccc(C)cc1.Cc1ccc2c(c1)C1(c3ccccc3-c3ccccc31)c1cc(C)ccc1-2.Cc1cccc(-c2cccc(C)c2)c1.Cc1cccc(C)c1.Cc1ccccc1C. The summed E-state index contributed by atoms with van der Waals surface area (Å²) in [5.74, 6) is 0. The minimum atomic E-state index is -0.199. The molecule has 0 aromatic heterocycles. The molecule has 1 spiro atoms. The molecular formula is C132H130. The highest BCUT2D eigenvalue weighted by atomic mass is 14.5. The van der Waals surface area contributed by atoms with E-state index in [1.54, 1.807) is 0 Å². The molecule has 21 rings (SSSR count). The fraction of sp³-hybridized carbons (Fsp3) is 0.152. The number of benzene rings is 19. The van der Waals surface area contributed by atoms with Crippen LogP contribution in [0.3, 0.4) is 0 Å². The van der Waals surface area contributed by atoms with Crippen LogP contribution in [0.2, 0.25) is 0 Å². The topological polar surface area (TPSA) is 0 Å². The van der Waals surface area contributed by atoms with E-state index in [2.05, 4.69) is 561 Å². The second kappa shape index (κ2) is 46.1. The predicted molar refractivity (Wildman–Crippen MR) is 576 cm³/mol. The molecule has 0 aliphatic heterocycles. The zero-order chi connectivity index (χ0) is 92.5. The first-order chi connectivity index (χ1) is 63.3. The largest absolute Gasteiger partial charge is 0.0776 e. The molecule has 0 bridgehead atoms. The van der Waals surface area contributed by atoms with Crippen molar-refractivity contribution in [1.29, 1.82) is 0 Å². The van der Waals surface area contributed by atoms with Gasteiger partial charge in [-0.3, -0.25) is 0 Å². The third-order valence-corrected chi connectivity index (χ3v) is 24.7. The fourth-order valence-electron chi connectivity index (χ4n) is 16.9. The molecule has 0 fully saturated rings. The summed E-state index contributed by atoms with van der Waals surface area (Å²) in [5, 5.41) is 2.75. The molecule has 0 N–H and O–H groups in total.